The van der Waals surface area contributed by atoms with Crippen LogP contribution in [-0.4, -0.2) is 86.0 Å². The number of thiazole rings is 1. The zero-order valence-corrected chi connectivity index (χ0v) is 27.5. The molecule has 2 aliphatic heterocycles. The minimum Gasteiger partial charge on any atom is -0.396 e. The lowest BCUT2D eigenvalue weighted by atomic mass is 9.90. The van der Waals surface area contributed by atoms with Crippen molar-refractivity contribution in [2.45, 2.75) is 65.5 Å². The first-order valence-electron chi connectivity index (χ1n) is 16.4. The number of pyridine rings is 1. The van der Waals surface area contributed by atoms with Crippen LogP contribution in [0, 0.1) is 11.7 Å². The first-order chi connectivity index (χ1) is 21.8. The number of piperidine rings is 1. The fourth-order valence-corrected chi connectivity index (χ4v) is 7.85. The number of aryl methyl sites for hydroxylation is 1. The lowest BCUT2D eigenvalue weighted by Gasteiger charge is -2.39. The van der Waals surface area contributed by atoms with E-state index >= 15 is 0 Å². The maximum absolute atomic E-state index is 13.6. The van der Waals surface area contributed by atoms with Crippen LogP contribution in [-0.2, 0) is 30.7 Å². The van der Waals surface area contributed by atoms with Crippen molar-refractivity contribution in [2.75, 3.05) is 45.9 Å². The smallest absolute Gasteiger partial charge is 0.236 e. The topological polar surface area (TPSA) is 77.2 Å². The molecule has 0 radical (unpaired) electrons. The summed E-state index contributed by atoms with van der Waals surface area (Å²) in [4.78, 5) is 30.3. The summed E-state index contributed by atoms with van der Waals surface area (Å²) in [6.45, 7) is 13.1. The zero-order chi connectivity index (χ0) is 31.5. The van der Waals surface area contributed by atoms with Crippen LogP contribution in [0.25, 0.3) is 16.9 Å². The SMILES string of the molecule is CCc1nc2ccc(C3CCN(CC(=O)N4CC(C)C4)CC3)cn2c1CN(CC)Cc1nc(-c2ccc(F)cc2)c(CCO)s1. The third-order valence-corrected chi connectivity index (χ3v) is 10.5. The Bertz CT molecular complexity index is 1600. The van der Waals surface area contributed by atoms with Crippen molar-refractivity contribution >= 4 is 22.9 Å². The van der Waals surface area contributed by atoms with Crippen LogP contribution in [0.3, 0.4) is 0 Å². The van der Waals surface area contributed by atoms with Crippen LogP contribution in [0.15, 0.2) is 42.6 Å². The number of hydrogen-bond donors (Lipinski definition) is 1. The number of carbonyl (C=O) groups excluding carboxylic acids is 1. The molecule has 0 spiro atoms. The summed E-state index contributed by atoms with van der Waals surface area (Å²) in [5.41, 5.74) is 6.36. The summed E-state index contributed by atoms with van der Waals surface area (Å²) >= 11 is 1.63. The number of likely N-dealkylation sites (tertiary alicyclic amines) is 2. The lowest BCUT2D eigenvalue weighted by Crippen LogP contribution is -2.52. The molecule has 4 aromatic rings. The molecule has 2 fully saturated rings. The van der Waals surface area contributed by atoms with Gasteiger partial charge < -0.3 is 14.4 Å². The van der Waals surface area contributed by atoms with E-state index in [4.69, 9.17) is 9.97 Å². The Morgan fingerprint density at radius 2 is 1.82 bits per heavy atom. The summed E-state index contributed by atoms with van der Waals surface area (Å²) in [6, 6.07) is 10.8. The van der Waals surface area contributed by atoms with Crippen LogP contribution < -0.4 is 0 Å². The Hall–Kier alpha value is -3.18. The van der Waals surface area contributed by atoms with Gasteiger partial charge in [-0.25, -0.2) is 14.4 Å². The number of fused-ring (bicyclic) bond motifs is 1. The van der Waals surface area contributed by atoms with Gasteiger partial charge in [-0.2, -0.15) is 0 Å². The molecule has 8 nitrogen and oxygen atoms in total. The van der Waals surface area contributed by atoms with Gasteiger partial charge in [-0.05, 0) is 86.6 Å². The quantitative estimate of drug-likeness (QED) is 0.226. The average Bonchev–Trinajstić information content (AvgIpc) is 3.60. The highest BCUT2D eigenvalue weighted by atomic mass is 32.1. The number of carbonyl (C=O) groups is 1. The summed E-state index contributed by atoms with van der Waals surface area (Å²) in [6.07, 6.45) is 5.79. The minimum absolute atomic E-state index is 0.0480. The van der Waals surface area contributed by atoms with Crippen molar-refractivity contribution in [3.63, 3.8) is 0 Å². The Balaban J connectivity index is 1.16. The van der Waals surface area contributed by atoms with Gasteiger partial charge >= 0.3 is 0 Å². The van der Waals surface area contributed by atoms with E-state index in [1.807, 2.05) is 4.90 Å². The Labute approximate surface area is 269 Å². The summed E-state index contributed by atoms with van der Waals surface area (Å²) < 4.78 is 15.9. The van der Waals surface area contributed by atoms with Crippen LogP contribution in [0.2, 0.25) is 0 Å². The van der Waals surface area contributed by atoms with Crippen molar-refractivity contribution in [3.8, 4) is 11.3 Å². The first kappa shape index (κ1) is 31.8. The van der Waals surface area contributed by atoms with Crippen molar-refractivity contribution in [1.29, 1.82) is 0 Å². The van der Waals surface area contributed by atoms with Gasteiger partial charge in [-0.3, -0.25) is 14.6 Å². The number of rotatable bonds is 12. The Kier molecular flexibility index (Phi) is 9.94. The number of nitrogens with zero attached hydrogens (tertiary/aromatic N) is 6. The summed E-state index contributed by atoms with van der Waals surface area (Å²) in [5.74, 6) is 1.11. The average molecular weight is 633 g/mol. The van der Waals surface area contributed by atoms with E-state index in [1.54, 1.807) is 23.5 Å². The molecule has 5 heterocycles. The molecule has 3 aromatic heterocycles. The van der Waals surface area contributed by atoms with E-state index in [2.05, 4.69) is 53.3 Å². The Morgan fingerprint density at radius 1 is 1.07 bits per heavy atom. The molecule has 0 unspecified atom stereocenters. The molecule has 2 saturated heterocycles. The highest BCUT2D eigenvalue weighted by Crippen LogP contribution is 2.32. The molecule has 0 aliphatic carbocycles. The van der Waals surface area contributed by atoms with Gasteiger partial charge in [-0.1, -0.05) is 26.8 Å². The van der Waals surface area contributed by atoms with E-state index in [9.17, 15) is 14.3 Å². The number of halogens is 1. The van der Waals surface area contributed by atoms with E-state index < -0.39 is 0 Å². The molecular formula is C35H45FN6O2S. The molecular weight excluding hydrogens is 587 g/mol. The predicted molar refractivity (Wildman–Crippen MR) is 177 cm³/mol. The van der Waals surface area contributed by atoms with Crippen LogP contribution >= 0.6 is 11.3 Å². The molecule has 10 heteroatoms. The number of hydrogen-bond acceptors (Lipinski definition) is 7. The summed E-state index contributed by atoms with van der Waals surface area (Å²) in [7, 11) is 0. The van der Waals surface area contributed by atoms with Gasteiger partial charge in [0, 0.05) is 49.3 Å². The van der Waals surface area contributed by atoms with Crippen LogP contribution in [0.4, 0.5) is 4.39 Å². The molecule has 1 aromatic carbocycles. The number of aliphatic hydroxyl groups excluding tert-OH is 1. The number of imidazole rings is 1. The van der Waals surface area contributed by atoms with E-state index in [0.29, 0.717) is 31.3 Å². The normalized spacial score (nSPS) is 16.6. The van der Waals surface area contributed by atoms with Crippen LogP contribution in [0.1, 0.15) is 66.4 Å². The third-order valence-electron chi connectivity index (χ3n) is 9.37. The van der Waals surface area contributed by atoms with Crippen molar-refractivity contribution in [3.05, 3.63) is 75.2 Å². The van der Waals surface area contributed by atoms with Gasteiger partial charge in [0.2, 0.25) is 5.91 Å². The van der Waals surface area contributed by atoms with E-state index in [-0.39, 0.29) is 18.3 Å². The molecule has 0 atom stereocenters. The highest BCUT2D eigenvalue weighted by Gasteiger charge is 2.30. The number of amides is 1. The second-order valence-electron chi connectivity index (χ2n) is 12.7. The predicted octanol–water partition coefficient (Wildman–Crippen LogP) is 5.37. The van der Waals surface area contributed by atoms with Gasteiger partial charge in [0.15, 0.2) is 0 Å². The molecule has 1 amide bonds. The third kappa shape index (κ3) is 7.14. The van der Waals surface area contributed by atoms with Crippen molar-refractivity contribution in [2.24, 2.45) is 5.92 Å². The molecule has 240 valence electrons. The number of aliphatic hydroxyl groups is 1. The fraction of sp³-hybridized carbons (Fsp3) is 0.514. The monoisotopic (exact) mass is 632 g/mol. The largest absolute Gasteiger partial charge is 0.396 e. The molecule has 0 bridgehead atoms. The standard InChI is InChI=1S/C35H45FN6O2S/c1-4-29-30(21-39(5-2)22-33-38-35(31(45-33)14-17-43)26-6-9-28(36)10-7-26)42-20-27(8-11-32(42)37-29)25-12-15-40(16-13-25)23-34(44)41-18-24(3)19-41/h6-11,20,24-25,43H,4-5,12-19,21-23H2,1-3H3. The number of aromatic nitrogens is 3. The first-order valence-corrected chi connectivity index (χ1v) is 17.2. The minimum atomic E-state index is -0.271. The van der Waals surface area contributed by atoms with Crippen molar-refractivity contribution < 1.29 is 14.3 Å². The molecule has 1 N–H and O–H groups in total. The van der Waals surface area contributed by atoms with Crippen molar-refractivity contribution in [1.82, 2.24) is 29.1 Å². The summed E-state index contributed by atoms with van der Waals surface area (Å²) in [5, 5.41) is 10.7. The fourth-order valence-electron chi connectivity index (χ4n) is 6.72. The van der Waals surface area contributed by atoms with Crippen LogP contribution in [0.5, 0.6) is 0 Å². The Morgan fingerprint density at radius 3 is 2.49 bits per heavy atom. The lowest BCUT2D eigenvalue weighted by molar-refractivity contribution is -0.138. The zero-order valence-electron chi connectivity index (χ0n) is 26.7. The second kappa shape index (κ2) is 14.1. The van der Waals surface area contributed by atoms with Gasteiger partial charge in [0.25, 0.3) is 0 Å². The molecule has 0 saturated carbocycles. The van der Waals surface area contributed by atoms with Gasteiger partial charge in [0.1, 0.15) is 16.5 Å². The maximum Gasteiger partial charge on any atom is 0.236 e. The van der Waals surface area contributed by atoms with Gasteiger partial charge in [0.05, 0.1) is 30.2 Å². The molecule has 6 rings (SSSR count). The number of benzene rings is 1. The second-order valence-corrected chi connectivity index (χ2v) is 13.8. The molecule has 2 aliphatic rings. The molecule has 45 heavy (non-hydrogen) atoms. The van der Waals surface area contributed by atoms with E-state index in [0.717, 1.165) is 91.0 Å². The van der Waals surface area contributed by atoms with E-state index in [1.165, 1.54) is 23.4 Å². The highest BCUT2D eigenvalue weighted by molar-refractivity contribution is 7.12. The van der Waals surface area contributed by atoms with Gasteiger partial charge in [-0.15, -0.1) is 11.3 Å². The maximum atomic E-state index is 13.6.